The number of hydrogen-bond donors (Lipinski definition) is 1. The highest BCUT2D eigenvalue weighted by Gasteiger charge is 2.23. The van der Waals surface area contributed by atoms with Gasteiger partial charge in [0.05, 0.1) is 16.8 Å². The van der Waals surface area contributed by atoms with Gasteiger partial charge in [0.25, 0.3) is 5.91 Å². The number of nitrogens with one attached hydrogen (secondary N) is 1. The van der Waals surface area contributed by atoms with Crippen LogP contribution in [0.3, 0.4) is 0 Å². The number of carbonyl (C=O) groups is 2. The number of rotatable bonds is 5. The SMILES string of the molecule is CC(=O)c1sc(NC(=O)c2cnc([C@H]3CCCO3)s2)nc1-c1ccccc1. The molecular formula is C19H17N3O3S2. The topological polar surface area (TPSA) is 81.2 Å². The zero-order chi connectivity index (χ0) is 18.8. The maximum Gasteiger partial charge on any atom is 0.269 e. The Morgan fingerprint density at radius 3 is 2.74 bits per heavy atom. The van der Waals surface area contributed by atoms with Crippen molar-refractivity contribution in [2.75, 3.05) is 11.9 Å². The molecule has 1 amide bonds. The van der Waals surface area contributed by atoms with E-state index >= 15 is 0 Å². The number of ether oxygens (including phenoxy) is 1. The molecule has 0 spiro atoms. The van der Waals surface area contributed by atoms with Crippen molar-refractivity contribution < 1.29 is 14.3 Å². The summed E-state index contributed by atoms with van der Waals surface area (Å²) in [6.07, 6.45) is 3.50. The van der Waals surface area contributed by atoms with Crippen LogP contribution in [0.1, 0.15) is 50.2 Å². The highest BCUT2D eigenvalue weighted by Crippen LogP contribution is 2.33. The number of nitrogens with zero attached hydrogens (tertiary/aromatic N) is 2. The number of aromatic nitrogens is 2. The second kappa shape index (κ2) is 7.67. The molecule has 1 fully saturated rings. The smallest absolute Gasteiger partial charge is 0.269 e. The first-order valence-corrected chi connectivity index (χ1v) is 10.2. The van der Waals surface area contributed by atoms with Gasteiger partial charge < -0.3 is 4.74 Å². The third-order valence-corrected chi connectivity index (χ3v) is 6.33. The maximum atomic E-state index is 12.6. The van der Waals surface area contributed by atoms with E-state index in [1.165, 1.54) is 29.6 Å². The molecule has 8 heteroatoms. The lowest BCUT2D eigenvalue weighted by Crippen LogP contribution is -2.09. The molecule has 0 saturated carbocycles. The summed E-state index contributed by atoms with van der Waals surface area (Å²) in [6, 6.07) is 9.47. The highest BCUT2D eigenvalue weighted by atomic mass is 32.1. The zero-order valence-electron chi connectivity index (χ0n) is 14.6. The van der Waals surface area contributed by atoms with Crippen molar-refractivity contribution in [1.82, 2.24) is 9.97 Å². The van der Waals surface area contributed by atoms with E-state index in [0.29, 0.717) is 20.6 Å². The summed E-state index contributed by atoms with van der Waals surface area (Å²) in [5.74, 6) is -0.356. The zero-order valence-corrected chi connectivity index (χ0v) is 16.2. The molecule has 1 saturated heterocycles. The van der Waals surface area contributed by atoms with Crippen LogP contribution in [0.15, 0.2) is 36.5 Å². The molecule has 2 aromatic heterocycles. The van der Waals surface area contributed by atoms with Crippen molar-refractivity contribution in [3.8, 4) is 11.3 Å². The van der Waals surface area contributed by atoms with Gasteiger partial charge in [-0.2, -0.15) is 0 Å². The Balaban J connectivity index is 1.55. The summed E-state index contributed by atoms with van der Waals surface area (Å²) in [4.78, 5) is 34.4. The van der Waals surface area contributed by atoms with Gasteiger partial charge in [0, 0.05) is 19.1 Å². The van der Waals surface area contributed by atoms with Crippen LogP contribution in [0.5, 0.6) is 0 Å². The molecule has 1 N–H and O–H groups in total. The lowest BCUT2D eigenvalue weighted by Gasteiger charge is -2.03. The number of ketones is 1. The summed E-state index contributed by atoms with van der Waals surface area (Å²) in [5, 5.41) is 4.02. The van der Waals surface area contributed by atoms with Crippen LogP contribution in [0.4, 0.5) is 5.13 Å². The minimum atomic E-state index is -0.278. The Morgan fingerprint density at radius 2 is 2.04 bits per heavy atom. The fraction of sp³-hybridized carbons (Fsp3) is 0.263. The van der Waals surface area contributed by atoms with Crippen molar-refractivity contribution in [2.24, 2.45) is 0 Å². The average molecular weight is 399 g/mol. The van der Waals surface area contributed by atoms with Gasteiger partial charge in [-0.05, 0) is 12.8 Å². The molecule has 1 aromatic carbocycles. The van der Waals surface area contributed by atoms with Gasteiger partial charge >= 0.3 is 0 Å². The van der Waals surface area contributed by atoms with Gasteiger partial charge in [0.1, 0.15) is 16.0 Å². The van der Waals surface area contributed by atoms with Crippen LogP contribution in [0.25, 0.3) is 11.3 Å². The monoisotopic (exact) mass is 399 g/mol. The standard InChI is InChI=1S/C19H17N3O3S2/c1-11(23)16-15(12-6-3-2-4-7-12)21-19(27-16)22-17(24)14-10-20-18(26-14)13-8-5-9-25-13/h2-4,6-7,10,13H,5,8-9H2,1H3,(H,21,22,24)/t13-/m1/s1. The fourth-order valence-electron chi connectivity index (χ4n) is 2.88. The Bertz CT molecular complexity index is 975. The molecule has 1 atom stereocenters. The Morgan fingerprint density at radius 1 is 1.22 bits per heavy atom. The number of amides is 1. The molecule has 6 nitrogen and oxygen atoms in total. The minimum Gasteiger partial charge on any atom is -0.371 e. The second-order valence-corrected chi connectivity index (χ2v) is 8.20. The van der Waals surface area contributed by atoms with E-state index in [0.717, 1.165) is 30.0 Å². The molecule has 4 rings (SSSR count). The number of carbonyl (C=O) groups excluding carboxylic acids is 2. The summed E-state index contributed by atoms with van der Waals surface area (Å²) in [6.45, 7) is 2.24. The van der Waals surface area contributed by atoms with Crippen LogP contribution in [0, 0.1) is 0 Å². The molecule has 0 bridgehead atoms. The Hall–Kier alpha value is -2.42. The van der Waals surface area contributed by atoms with Crippen LogP contribution in [-0.2, 0) is 4.74 Å². The third kappa shape index (κ3) is 3.83. The normalized spacial score (nSPS) is 16.4. The summed E-state index contributed by atoms with van der Waals surface area (Å²) in [5.41, 5.74) is 1.44. The predicted molar refractivity (Wildman–Crippen MR) is 106 cm³/mol. The molecule has 138 valence electrons. The molecule has 1 aliphatic heterocycles. The summed E-state index contributed by atoms with van der Waals surface area (Å²) >= 11 is 2.52. The first-order valence-electron chi connectivity index (χ1n) is 8.57. The first kappa shape index (κ1) is 18.0. The lowest BCUT2D eigenvalue weighted by molar-refractivity contribution is 0.101. The van der Waals surface area contributed by atoms with Crippen molar-refractivity contribution in [2.45, 2.75) is 25.9 Å². The minimum absolute atomic E-state index is 0.00888. The first-order chi connectivity index (χ1) is 13.1. The molecule has 1 aliphatic rings. The molecule has 0 unspecified atom stereocenters. The third-order valence-electron chi connectivity index (χ3n) is 4.17. The van der Waals surface area contributed by atoms with Crippen molar-refractivity contribution in [1.29, 1.82) is 0 Å². The lowest BCUT2D eigenvalue weighted by atomic mass is 10.1. The van der Waals surface area contributed by atoms with Gasteiger partial charge in [-0.3, -0.25) is 14.9 Å². The van der Waals surface area contributed by atoms with Crippen LogP contribution < -0.4 is 5.32 Å². The molecule has 27 heavy (non-hydrogen) atoms. The predicted octanol–water partition coefficient (Wildman–Crippen LogP) is 4.57. The fourth-order valence-corrected chi connectivity index (χ4v) is 4.65. The summed E-state index contributed by atoms with van der Waals surface area (Å²) < 4.78 is 5.61. The average Bonchev–Trinajstić information content (AvgIpc) is 3.41. The second-order valence-electron chi connectivity index (χ2n) is 6.14. The molecule has 3 aromatic rings. The van der Waals surface area contributed by atoms with Gasteiger partial charge in [-0.15, -0.1) is 11.3 Å². The molecule has 0 radical (unpaired) electrons. The van der Waals surface area contributed by atoms with E-state index in [2.05, 4.69) is 15.3 Å². The van der Waals surface area contributed by atoms with Gasteiger partial charge in [0.2, 0.25) is 0 Å². The van der Waals surface area contributed by atoms with E-state index in [1.54, 1.807) is 6.20 Å². The molecule has 3 heterocycles. The van der Waals surface area contributed by atoms with E-state index in [-0.39, 0.29) is 17.8 Å². The molecular weight excluding hydrogens is 382 g/mol. The Labute approximate surface area is 164 Å². The largest absolute Gasteiger partial charge is 0.371 e. The van der Waals surface area contributed by atoms with E-state index < -0.39 is 0 Å². The van der Waals surface area contributed by atoms with Gasteiger partial charge in [-0.25, -0.2) is 9.97 Å². The van der Waals surface area contributed by atoms with Crippen molar-refractivity contribution >= 4 is 39.5 Å². The van der Waals surface area contributed by atoms with E-state index in [4.69, 9.17) is 4.74 Å². The number of thiazole rings is 2. The number of hydrogen-bond acceptors (Lipinski definition) is 7. The molecule has 0 aliphatic carbocycles. The van der Waals surface area contributed by atoms with Gasteiger partial charge in [-0.1, -0.05) is 41.7 Å². The van der Waals surface area contributed by atoms with Crippen LogP contribution >= 0.6 is 22.7 Å². The van der Waals surface area contributed by atoms with Crippen LogP contribution in [-0.4, -0.2) is 28.3 Å². The van der Waals surface area contributed by atoms with Crippen molar-refractivity contribution in [3.05, 3.63) is 51.3 Å². The summed E-state index contributed by atoms with van der Waals surface area (Å²) in [7, 11) is 0. The van der Waals surface area contributed by atoms with Crippen molar-refractivity contribution in [3.63, 3.8) is 0 Å². The Kier molecular flexibility index (Phi) is 5.11. The number of anilines is 1. The van der Waals surface area contributed by atoms with Crippen LogP contribution in [0.2, 0.25) is 0 Å². The quantitative estimate of drug-likeness (QED) is 0.636. The number of Topliss-reactive ketones (excluding diaryl/α,β-unsaturated/α-hetero) is 1. The van der Waals surface area contributed by atoms with E-state index in [9.17, 15) is 9.59 Å². The number of benzene rings is 1. The van der Waals surface area contributed by atoms with Gasteiger partial charge in [0.15, 0.2) is 10.9 Å². The van der Waals surface area contributed by atoms with E-state index in [1.807, 2.05) is 30.3 Å². The highest BCUT2D eigenvalue weighted by molar-refractivity contribution is 7.18. The maximum absolute atomic E-state index is 12.6.